The van der Waals surface area contributed by atoms with Gasteiger partial charge < -0.3 is 21.1 Å². The third kappa shape index (κ3) is 6.62. The highest BCUT2D eigenvalue weighted by atomic mass is 79.9. The van der Waals surface area contributed by atoms with Crippen LogP contribution in [-0.2, 0) is 17.9 Å². The summed E-state index contributed by atoms with van der Waals surface area (Å²) in [4.78, 5) is 28.0. The van der Waals surface area contributed by atoms with Crippen molar-refractivity contribution in [2.75, 3.05) is 11.1 Å². The molecule has 0 atom stereocenters. The van der Waals surface area contributed by atoms with E-state index in [-0.39, 0.29) is 29.5 Å². The number of rotatable bonds is 6. The molecule has 2 amide bonds. The Bertz CT molecular complexity index is 950. The number of hydrogen-bond donors (Lipinski definition) is 3. The van der Waals surface area contributed by atoms with Crippen LogP contribution in [-0.4, -0.2) is 17.0 Å². The number of amides is 2. The monoisotopic (exact) mass is 456 g/mol. The summed E-state index contributed by atoms with van der Waals surface area (Å²) in [6, 6.07) is 17.6. The highest BCUT2D eigenvalue weighted by Gasteiger charge is 2.08. The number of pyridine rings is 1. The molecule has 3 rings (SSSR count). The predicted molar refractivity (Wildman–Crippen MR) is 117 cm³/mol. The van der Waals surface area contributed by atoms with Crippen molar-refractivity contribution in [2.45, 2.75) is 13.2 Å². The molecule has 3 aromatic rings. The standard InChI is InChI=1S/C21H20N4O3.BrH/c22-18-5-1-2-6-19(18)25-20(26)17-9-7-15(8-10-17)13-24-21(27)28-14-16-4-3-11-23-12-16;/h1-12H,13-14,22H2,(H,24,27)(H,25,26);1H. The van der Waals surface area contributed by atoms with Gasteiger partial charge in [0, 0.05) is 30.1 Å². The van der Waals surface area contributed by atoms with Crippen LogP contribution >= 0.6 is 17.0 Å². The Morgan fingerprint density at radius 1 is 0.966 bits per heavy atom. The van der Waals surface area contributed by atoms with Crippen molar-refractivity contribution in [1.82, 2.24) is 10.3 Å². The fourth-order valence-corrected chi connectivity index (χ4v) is 2.44. The van der Waals surface area contributed by atoms with E-state index in [9.17, 15) is 9.59 Å². The normalized spacial score (nSPS) is 9.79. The molecule has 29 heavy (non-hydrogen) atoms. The summed E-state index contributed by atoms with van der Waals surface area (Å²) in [6.07, 6.45) is 2.77. The van der Waals surface area contributed by atoms with Crippen LogP contribution in [0.3, 0.4) is 0 Å². The van der Waals surface area contributed by atoms with Crippen LogP contribution in [0, 0.1) is 0 Å². The fourth-order valence-electron chi connectivity index (χ4n) is 2.44. The highest BCUT2D eigenvalue weighted by Crippen LogP contribution is 2.18. The van der Waals surface area contributed by atoms with Crippen molar-refractivity contribution in [3.8, 4) is 0 Å². The zero-order valence-corrected chi connectivity index (χ0v) is 17.2. The smallest absolute Gasteiger partial charge is 0.407 e. The van der Waals surface area contributed by atoms with E-state index >= 15 is 0 Å². The minimum absolute atomic E-state index is 0. The Kier molecular flexibility index (Phi) is 8.17. The van der Waals surface area contributed by atoms with Crippen LogP contribution < -0.4 is 16.4 Å². The van der Waals surface area contributed by atoms with Gasteiger partial charge in [0.2, 0.25) is 0 Å². The first-order valence-corrected chi connectivity index (χ1v) is 8.66. The summed E-state index contributed by atoms with van der Waals surface area (Å²) >= 11 is 0. The molecule has 4 N–H and O–H groups in total. The SMILES string of the molecule is Br.Nc1ccccc1NC(=O)c1ccc(CNC(=O)OCc2cccnc2)cc1. The summed E-state index contributed by atoms with van der Waals surface area (Å²) in [5.41, 5.74) is 9.04. The quantitative estimate of drug-likeness (QED) is 0.487. The molecule has 8 heteroatoms. The molecule has 7 nitrogen and oxygen atoms in total. The lowest BCUT2D eigenvalue weighted by Crippen LogP contribution is -2.23. The Morgan fingerprint density at radius 2 is 1.72 bits per heavy atom. The minimum Gasteiger partial charge on any atom is -0.445 e. The van der Waals surface area contributed by atoms with Crippen molar-refractivity contribution >= 4 is 40.4 Å². The Labute approximate surface area is 179 Å². The molecule has 0 radical (unpaired) electrons. The molecule has 0 saturated carbocycles. The van der Waals surface area contributed by atoms with E-state index in [0.29, 0.717) is 23.5 Å². The van der Waals surface area contributed by atoms with Crippen molar-refractivity contribution in [3.05, 3.63) is 89.7 Å². The van der Waals surface area contributed by atoms with Gasteiger partial charge in [-0.2, -0.15) is 0 Å². The molecule has 0 unspecified atom stereocenters. The maximum absolute atomic E-state index is 12.3. The second kappa shape index (κ2) is 10.8. The van der Waals surface area contributed by atoms with E-state index < -0.39 is 6.09 Å². The van der Waals surface area contributed by atoms with Gasteiger partial charge in [0.1, 0.15) is 6.61 Å². The molecule has 0 aliphatic rings. The van der Waals surface area contributed by atoms with Gasteiger partial charge >= 0.3 is 6.09 Å². The van der Waals surface area contributed by atoms with E-state index in [2.05, 4.69) is 15.6 Å². The minimum atomic E-state index is -0.523. The Morgan fingerprint density at radius 3 is 2.41 bits per heavy atom. The Hall–Kier alpha value is -3.39. The number of anilines is 2. The number of para-hydroxylation sites is 2. The van der Waals surface area contributed by atoms with Gasteiger partial charge in [0.05, 0.1) is 11.4 Å². The van der Waals surface area contributed by atoms with Crippen LogP contribution in [0.15, 0.2) is 73.1 Å². The fraction of sp³-hybridized carbons (Fsp3) is 0.0952. The maximum atomic E-state index is 12.3. The Balaban J connectivity index is 0.00000300. The number of nitrogens with one attached hydrogen (secondary N) is 2. The number of aromatic nitrogens is 1. The van der Waals surface area contributed by atoms with Gasteiger partial charge in [0.25, 0.3) is 5.91 Å². The number of carbonyl (C=O) groups is 2. The average molecular weight is 457 g/mol. The van der Waals surface area contributed by atoms with Crippen molar-refractivity contribution < 1.29 is 14.3 Å². The molecule has 0 aliphatic carbocycles. The molecule has 0 bridgehead atoms. The molecule has 0 aliphatic heterocycles. The lowest BCUT2D eigenvalue weighted by molar-refractivity contribution is 0.102. The molecule has 1 heterocycles. The molecular weight excluding hydrogens is 436 g/mol. The molecule has 0 spiro atoms. The molecule has 0 saturated heterocycles. The summed E-state index contributed by atoms with van der Waals surface area (Å²) in [5, 5.41) is 5.44. The lowest BCUT2D eigenvalue weighted by atomic mass is 10.1. The zero-order valence-electron chi connectivity index (χ0n) is 15.5. The average Bonchev–Trinajstić information content (AvgIpc) is 2.73. The van der Waals surface area contributed by atoms with E-state index in [1.807, 2.05) is 6.07 Å². The number of halogens is 1. The van der Waals surface area contributed by atoms with E-state index in [0.717, 1.165) is 11.1 Å². The third-order valence-electron chi connectivity index (χ3n) is 3.95. The van der Waals surface area contributed by atoms with Gasteiger partial charge in [-0.3, -0.25) is 9.78 Å². The van der Waals surface area contributed by atoms with E-state index in [1.165, 1.54) is 0 Å². The summed E-state index contributed by atoms with van der Waals surface area (Å²) in [6.45, 7) is 0.445. The molecule has 150 valence electrons. The van der Waals surface area contributed by atoms with Gasteiger partial charge in [-0.1, -0.05) is 30.3 Å². The first kappa shape index (κ1) is 21.9. The van der Waals surface area contributed by atoms with Gasteiger partial charge in [-0.25, -0.2) is 4.79 Å². The van der Waals surface area contributed by atoms with Crippen molar-refractivity contribution in [1.29, 1.82) is 0 Å². The molecule has 2 aromatic carbocycles. The summed E-state index contributed by atoms with van der Waals surface area (Å²) in [5.74, 6) is -0.256. The van der Waals surface area contributed by atoms with Crippen molar-refractivity contribution in [2.24, 2.45) is 0 Å². The largest absolute Gasteiger partial charge is 0.445 e. The molecule has 1 aromatic heterocycles. The number of nitrogen functional groups attached to an aromatic ring is 1. The van der Waals surface area contributed by atoms with Crippen LogP contribution in [0.4, 0.5) is 16.2 Å². The van der Waals surface area contributed by atoms with E-state index in [4.69, 9.17) is 10.5 Å². The maximum Gasteiger partial charge on any atom is 0.407 e. The zero-order chi connectivity index (χ0) is 19.8. The summed E-state index contributed by atoms with van der Waals surface area (Å²) in [7, 11) is 0. The van der Waals surface area contributed by atoms with Crippen LogP contribution in [0.5, 0.6) is 0 Å². The van der Waals surface area contributed by atoms with Crippen LogP contribution in [0.1, 0.15) is 21.5 Å². The number of carbonyl (C=O) groups excluding carboxylic acids is 2. The van der Waals surface area contributed by atoms with Crippen LogP contribution in [0.25, 0.3) is 0 Å². The molecular formula is C21H21BrN4O3. The second-order valence-corrected chi connectivity index (χ2v) is 6.03. The second-order valence-electron chi connectivity index (χ2n) is 6.03. The van der Waals surface area contributed by atoms with Crippen molar-refractivity contribution in [3.63, 3.8) is 0 Å². The predicted octanol–water partition coefficient (Wildman–Crippen LogP) is 3.92. The number of nitrogens with zero attached hydrogens (tertiary/aromatic N) is 1. The first-order valence-electron chi connectivity index (χ1n) is 8.66. The number of nitrogens with two attached hydrogens (primary N) is 1. The van der Waals surface area contributed by atoms with Gasteiger partial charge in [0.15, 0.2) is 0 Å². The molecule has 0 fully saturated rings. The number of alkyl carbamates (subject to hydrolysis) is 1. The third-order valence-corrected chi connectivity index (χ3v) is 3.95. The first-order chi connectivity index (χ1) is 13.6. The number of hydrogen-bond acceptors (Lipinski definition) is 5. The number of benzene rings is 2. The highest BCUT2D eigenvalue weighted by molar-refractivity contribution is 8.93. The lowest BCUT2D eigenvalue weighted by Gasteiger charge is -2.09. The van der Waals surface area contributed by atoms with E-state index in [1.54, 1.807) is 67.0 Å². The van der Waals surface area contributed by atoms with Gasteiger partial charge in [-0.05, 0) is 35.9 Å². The van der Waals surface area contributed by atoms with Crippen LogP contribution in [0.2, 0.25) is 0 Å². The van der Waals surface area contributed by atoms with Gasteiger partial charge in [-0.15, -0.1) is 17.0 Å². The number of ether oxygens (including phenoxy) is 1. The summed E-state index contributed by atoms with van der Waals surface area (Å²) < 4.78 is 5.12. The topological polar surface area (TPSA) is 106 Å².